The zero-order valence-corrected chi connectivity index (χ0v) is 22.6. The van der Waals surface area contributed by atoms with Crippen molar-refractivity contribution < 1.29 is 13.2 Å². The number of rotatable bonds is 8. The van der Waals surface area contributed by atoms with Crippen LogP contribution in [0.5, 0.6) is 0 Å². The summed E-state index contributed by atoms with van der Waals surface area (Å²) in [5.41, 5.74) is 1.09. The second kappa shape index (κ2) is 11.9. The molecular weight excluding hydrogens is 523 g/mol. The lowest BCUT2D eigenvalue weighted by Crippen LogP contribution is -2.33. The molecule has 0 radical (unpaired) electrons. The van der Waals surface area contributed by atoms with Crippen LogP contribution in [0.25, 0.3) is 22.2 Å². The molecule has 1 saturated carbocycles. The zero-order chi connectivity index (χ0) is 27.4. The van der Waals surface area contributed by atoms with Gasteiger partial charge in [0.05, 0.1) is 23.3 Å². The zero-order valence-electron chi connectivity index (χ0n) is 21.8. The number of alkyl halides is 3. The molecule has 2 aromatic carbocycles. The topological polar surface area (TPSA) is 53.9 Å². The molecule has 4 aromatic rings. The highest BCUT2D eigenvalue weighted by atomic mass is 35.5. The van der Waals surface area contributed by atoms with E-state index in [0.29, 0.717) is 53.3 Å². The Hall–Kier alpha value is -3.23. The fourth-order valence-electron chi connectivity index (χ4n) is 5.29. The summed E-state index contributed by atoms with van der Waals surface area (Å²) >= 11 is 6.33. The van der Waals surface area contributed by atoms with Gasteiger partial charge in [-0.05, 0) is 62.2 Å². The van der Waals surface area contributed by atoms with Gasteiger partial charge in [0.2, 0.25) is 0 Å². The summed E-state index contributed by atoms with van der Waals surface area (Å²) < 4.78 is 41.1. The molecule has 0 amide bonds. The molecule has 2 heterocycles. The number of benzene rings is 2. The molecule has 1 aliphatic rings. The average molecular weight is 554 g/mol. The minimum absolute atomic E-state index is 0.111. The van der Waals surface area contributed by atoms with Crippen molar-refractivity contribution in [3.8, 4) is 11.3 Å². The van der Waals surface area contributed by atoms with Gasteiger partial charge >= 0.3 is 6.18 Å². The Balaban J connectivity index is 1.49. The molecule has 0 aliphatic heterocycles. The van der Waals surface area contributed by atoms with E-state index in [-0.39, 0.29) is 5.69 Å². The van der Waals surface area contributed by atoms with E-state index in [4.69, 9.17) is 21.6 Å². The lowest BCUT2D eigenvalue weighted by atomic mass is 9.94. The maximum absolute atomic E-state index is 13.7. The smallest absolute Gasteiger partial charge is 0.369 e. The number of aromatic nitrogens is 3. The largest absolute Gasteiger partial charge is 0.418 e. The number of nitrogens with zero attached hydrogens (tertiary/aromatic N) is 4. The minimum atomic E-state index is -4.51. The quantitative estimate of drug-likeness (QED) is 0.241. The Bertz CT molecular complexity index is 1440. The van der Waals surface area contributed by atoms with Crippen LogP contribution in [0.3, 0.4) is 0 Å². The van der Waals surface area contributed by atoms with Crippen molar-refractivity contribution in [1.82, 2.24) is 19.9 Å². The van der Waals surface area contributed by atoms with Crippen molar-refractivity contribution in [2.75, 3.05) is 18.9 Å². The number of hydrogen-bond acceptors (Lipinski definition) is 5. The van der Waals surface area contributed by atoms with Crippen molar-refractivity contribution in [3.05, 3.63) is 82.8 Å². The number of halogens is 4. The van der Waals surface area contributed by atoms with Crippen molar-refractivity contribution in [2.24, 2.45) is 0 Å². The first-order chi connectivity index (χ1) is 18.8. The van der Waals surface area contributed by atoms with Gasteiger partial charge in [0, 0.05) is 34.8 Å². The van der Waals surface area contributed by atoms with Crippen LogP contribution in [0.4, 0.5) is 19.0 Å². The van der Waals surface area contributed by atoms with Gasteiger partial charge in [-0.15, -0.1) is 0 Å². The summed E-state index contributed by atoms with van der Waals surface area (Å²) in [4.78, 5) is 16.0. The van der Waals surface area contributed by atoms with Gasteiger partial charge in [0.15, 0.2) is 0 Å². The highest BCUT2D eigenvalue weighted by Crippen LogP contribution is 2.37. The van der Waals surface area contributed by atoms with Gasteiger partial charge in [-0.25, -0.2) is 9.97 Å². The van der Waals surface area contributed by atoms with E-state index >= 15 is 0 Å². The predicted octanol–water partition coefficient (Wildman–Crippen LogP) is 7.78. The molecule has 0 bridgehead atoms. The number of anilines is 1. The fourth-order valence-corrected chi connectivity index (χ4v) is 5.52. The first-order valence-electron chi connectivity index (χ1n) is 13.3. The van der Waals surface area contributed by atoms with E-state index in [2.05, 4.69) is 22.2 Å². The molecule has 0 atom stereocenters. The summed E-state index contributed by atoms with van der Waals surface area (Å²) in [7, 11) is 2.09. The summed E-state index contributed by atoms with van der Waals surface area (Å²) in [6.07, 6.45) is 3.57. The third-order valence-electron chi connectivity index (χ3n) is 7.36. The Morgan fingerprint density at radius 2 is 1.79 bits per heavy atom. The van der Waals surface area contributed by atoms with Gasteiger partial charge < -0.3 is 5.32 Å². The van der Waals surface area contributed by atoms with Crippen LogP contribution in [-0.2, 0) is 19.1 Å². The van der Waals surface area contributed by atoms with E-state index < -0.39 is 11.7 Å². The second-order valence-corrected chi connectivity index (χ2v) is 10.5. The third kappa shape index (κ3) is 6.50. The van der Waals surface area contributed by atoms with Crippen LogP contribution in [0, 0.1) is 0 Å². The number of fused-ring (bicyclic) bond motifs is 1. The molecule has 0 saturated heterocycles. The van der Waals surface area contributed by atoms with Gasteiger partial charge in [-0.3, -0.25) is 9.88 Å². The standard InChI is InChI=1S/C30H31ClF3N5/c1-39(22-9-3-2-4-10-22)19-27-37-26-18-21(28-24(30(32,33)34)11-7-16-35-28)13-14-23(26)29(38-27)36-17-15-20-8-5-6-12-25(20)31/h5-8,11-14,16,18,22H,2-4,9-10,15,17,19H2,1H3,(H,36,37,38). The van der Waals surface area contributed by atoms with Gasteiger partial charge in [0.25, 0.3) is 0 Å². The minimum Gasteiger partial charge on any atom is -0.369 e. The molecule has 0 unspecified atom stereocenters. The van der Waals surface area contributed by atoms with Crippen LogP contribution in [0.2, 0.25) is 5.02 Å². The molecule has 2 aromatic heterocycles. The lowest BCUT2D eigenvalue weighted by molar-refractivity contribution is -0.137. The van der Waals surface area contributed by atoms with Crippen LogP contribution in [-0.4, -0.2) is 39.5 Å². The van der Waals surface area contributed by atoms with Crippen molar-refractivity contribution >= 4 is 28.3 Å². The van der Waals surface area contributed by atoms with Crippen LogP contribution in [0.15, 0.2) is 60.8 Å². The first-order valence-corrected chi connectivity index (χ1v) is 13.7. The average Bonchev–Trinajstić information content (AvgIpc) is 2.93. The Morgan fingerprint density at radius 1 is 1.00 bits per heavy atom. The van der Waals surface area contributed by atoms with Crippen molar-refractivity contribution in [1.29, 1.82) is 0 Å². The maximum Gasteiger partial charge on any atom is 0.418 e. The lowest BCUT2D eigenvalue weighted by Gasteiger charge is -2.30. The SMILES string of the molecule is CN(Cc1nc(NCCc2ccccc2Cl)c2ccc(-c3ncccc3C(F)(F)F)cc2n1)C1CCCCC1. The van der Waals surface area contributed by atoms with E-state index in [1.807, 2.05) is 24.3 Å². The normalized spacial score (nSPS) is 14.7. The Morgan fingerprint density at radius 3 is 2.56 bits per heavy atom. The van der Waals surface area contributed by atoms with Gasteiger partial charge in [0.1, 0.15) is 11.6 Å². The summed E-state index contributed by atoms with van der Waals surface area (Å²) in [6, 6.07) is 15.6. The van der Waals surface area contributed by atoms with E-state index in [9.17, 15) is 13.2 Å². The fraction of sp³-hybridized carbons (Fsp3) is 0.367. The molecular formula is C30H31ClF3N5. The second-order valence-electron chi connectivity index (χ2n) is 10.1. The molecule has 0 spiro atoms. The molecule has 5 nitrogen and oxygen atoms in total. The number of nitrogens with one attached hydrogen (secondary N) is 1. The van der Waals surface area contributed by atoms with E-state index in [1.54, 1.807) is 18.2 Å². The van der Waals surface area contributed by atoms with Gasteiger partial charge in [-0.1, -0.05) is 55.1 Å². The molecule has 39 heavy (non-hydrogen) atoms. The van der Waals surface area contributed by atoms with Crippen LogP contribution in [0.1, 0.15) is 49.1 Å². The van der Waals surface area contributed by atoms with Crippen molar-refractivity contribution in [2.45, 2.75) is 57.3 Å². The Labute approximate surface area is 231 Å². The predicted molar refractivity (Wildman–Crippen MR) is 150 cm³/mol. The summed E-state index contributed by atoms with van der Waals surface area (Å²) in [6.45, 7) is 1.15. The van der Waals surface area contributed by atoms with Gasteiger partial charge in [-0.2, -0.15) is 13.2 Å². The molecule has 204 valence electrons. The van der Waals surface area contributed by atoms with E-state index in [0.717, 1.165) is 29.9 Å². The first kappa shape index (κ1) is 27.3. The number of pyridine rings is 1. The highest BCUT2D eigenvalue weighted by molar-refractivity contribution is 6.31. The molecule has 1 aliphatic carbocycles. The highest BCUT2D eigenvalue weighted by Gasteiger charge is 2.34. The van der Waals surface area contributed by atoms with Crippen molar-refractivity contribution in [3.63, 3.8) is 0 Å². The maximum atomic E-state index is 13.7. The summed E-state index contributed by atoms with van der Waals surface area (Å²) in [5, 5.41) is 4.88. The van der Waals surface area contributed by atoms with Crippen LogP contribution < -0.4 is 5.32 Å². The molecule has 1 fully saturated rings. The molecule has 5 rings (SSSR count). The molecule has 9 heteroatoms. The van der Waals surface area contributed by atoms with Crippen LogP contribution >= 0.6 is 11.6 Å². The third-order valence-corrected chi connectivity index (χ3v) is 7.73. The molecule has 1 N–H and O–H groups in total. The van der Waals surface area contributed by atoms with E-state index in [1.165, 1.54) is 31.5 Å². The summed E-state index contributed by atoms with van der Waals surface area (Å²) in [5.74, 6) is 1.28. The monoisotopic (exact) mass is 553 g/mol. The Kier molecular flexibility index (Phi) is 8.33. The number of hydrogen-bond donors (Lipinski definition) is 1.